The van der Waals surface area contributed by atoms with Crippen LogP contribution < -0.4 is 10.9 Å². The molecule has 2 heterocycles. The van der Waals surface area contributed by atoms with E-state index in [1.165, 1.54) is 0 Å². The van der Waals surface area contributed by atoms with Crippen LogP contribution in [-0.4, -0.2) is 21.6 Å². The van der Waals surface area contributed by atoms with Gasteiger partial charge < -0.3 is 0 Å². The average molecular weight is 306 g/mol. The second-order valence-electron chi connectivity index (χ2n) is 4.76. The second kappa shape index (κ2) is 7.03. The monoisotopic (exact) mass is 306 g/mol. The van der Waals surface area contributed by atoms with Gasteiger partial charge in [0.05, 0.1) is 5.69 Å². The standard InChI is InChI=1S/C14H18N4O2S/c1-10-8-11(2)18(17-10)9-14(20)16-15-13(19)6-5-12-4-3-7-21-12/h3-4,7-8H,5-6,9H2,1-2H3,(H,15,19)(H,16,20). The smallest absolute Gasteiger partial charge is 0.260 e. The molecule has 0 aliphatic rings. The zero-order chi connectivity index (χ0) is 15.2. The number of hydrazine groups is 1. The van der Waals surface area contributed by atoms with Gasteiger partial charge in [0, 0.05) is 17.0 Å². The molecule has 2 rings (SSSR count). The first-order valence-electron chi connectivity index (χ1n) is 6.65. The molecular formula is C14H18N4O2S. The number of aromatic nitrogens is 2. The minimum atomic E-state index is -0.300. The summed E-state index contributed by atoms with van der Waals surface area (Å²) in [6, 6.07) is 5.83. The maximum absolute atomic E-state index is 11.7. The summed E-state index contributed by atoms with van der Waals surface area (Å²) in [5.74, 6) is -0.504. The Labute approximate surface area is 127 Å². The van der Waals surface area contributed by atoms with Gasteiger partial charge in [-0.1, -0.05) is 6.07 Å². The summed E-state index contributed by atoms with van der Waals surface area (Å²) in [6.07, 6.45) is 1.03. The van der Waals surface area contributed by atoms with Gasteiger partial charge in [0.25, 0.3) is 5.91 Å². The first kappa shape index (κ1) is 15.2. The summed E-state index contributed by atoms with van der Waals surface area (Å²) in [6.45, 7) is 3.84. The molecule has 0 atom stereocenters. The number of hydrogen-bond donors (Lipinski definition) is 2. The molecule has 0 saturated carbocycles. The van der Waals surface area contributed by atoms with Gasteiger partial charge in [-0.05, 0) is 37.8 Å². The fourth-order valence-electron chi connectivity index (χ4n) is 1.90. The Balaban J connectivity index is 1.71. The molecular weight excluding hydrogens is 288 g/mol. The number of hydrogen-bond acceptors (Lipinski definition) is 4. The Morgan fingerprint density at radius 1 is 1.29 bits per heavy atom. The largest absolute Gasteiger partial charge is 0.273 e. The number of thiophene rings is 1. The van der Waals surface area contributed by atoms with Crippen LogP contribution in [0.1, 0.15) is 22.7 Å². The van der Waals surface area contributed by atoms with Crippen LogP contribution in [0.3, 0.4) is 0 Å². The first-order valence-corrected chi connectivity index (χ1v) is 7.53. The maximum atomic E-state index is 11.7. The zero-order valence-corrected chi connectivity index (χ0v) is 12.9. The van der Waals surface area contributed by atoms with E-state index in [1.54, 1.807) is 16.0 Å². The molecule has 21 heavy (non-hydrogen) atoms. The molecule has 0 saturated heterocycles. The Hall–Kier alpha value is -2.15. The highest BCUT2D eigenvalue weighted by Crippen LogP contribution is 2.10. The number of amides is 2. The predicted octanol–water partition coefficient (Wildman–Crippen LogP) is 1.34. The van der Waals surface area contributed by atoms with E-state index in [9.17, 15) is 9.59 Å². The van der Waals surface area contributed by atoms with Gasteiger partial charge in [0.2, 0.25) is 5.91 Å². The van der Waals surface area contributed by atoms with Crippen LogP contribution in [0.4, 0.5) is 0 Å². The predicted molar refractivity (Wildman–Crippen MR) is 80.6 cm³/mol. The molecule has 0 radical (unpaired) electrons. The van der Waals surface area contributed by atoms with Crippen molar-refractivity contribution < 1.29 is 9.59 Å². The average Bonchev–Trinajstić information content (AvgIpc) is 3.04. The van der Waals surface area contributed by atoms with Crippen molar-refractivity contribution in [2.75, 3.05) is 0 Å². The lowest BCUT2D eigenvalue weighted by atomic mass is 10.2. The number of nitrogens with zero attached hydrogens (tertiary/aromatic N) is 2. The fraction of sp³-hybridized carbons (Fsp3) is 0.357. The fourth-order valence-corrected chi connectivity index (χ4v) is 2.61. The van der Waals surface area contributed by atoms with Gasteiger partial charge in [0.1, 0.15) is 6.54 Å². The molecule has 0 spiro atoms. The Morgan fingerprint density at radius 3 is 2.67 bits per heavy atom. The van der Waals surface area contributed by atoms with E-state index in [0.29, 0.717) is 12.8 Å². The Kier molecular flexibility index (Phi) is 5.10. The number of rotatable bonds is 5. The summed E-state index contributed by atoms with van der Waals surface area (Å²) in [5, 5.41) is 6.17. The van der Waals surface area contributed by atoms with Crippen molar-refractivity contribution in [3.8, 4) is 0 Å². The maximum Gasteiger partial charge on any atom is 0.260 e. The summed E-state index contributed by atoms with van der Waals surface area (Å²) < 4.78 is 1.60. The van der Waals surface area contributed by atoms with Gasteiger partial charge in [-0.2, -0.15) is 5.10 Å². The van der Waals surface area contributed by atoms with Crippen LogP contribution in [0.15, 0.2) is 23.6 Å². The van der Waals surface area contributed by atoms with Gasteiger partial charge in [-0.15, -0.1) is 11.3 Å². The van der Waals surface area contributed by atoms with Crippen molar-refractivity contribution in [2.24, 2.45) is 0 Å². The van der Waals surface area contributed by atoms with E-state index in [4.69, 9.17) is 0 Å². The molecule has 112 valence electrons. The van der Waals surface area contributed by atoms with Crippen molar-refractivity contribution in [1.29, 1.82) is 0 Å². The van der Waals surface area contributed by atoms with E-state index >= 15 is 0 Å². The molecule has 0 aliphatic heterocycles. The molecule has 0 bridgehead atoms. The van der Waals surface area contributed by atoms with Crippen LogP contribution in [0.2, 0.25) is 0 Å². The highest BCUT2D eigenvalue weighted by atomic mass is 32.1. The molecule has 0 fully saturated rings. The minimum Gasteiger partial charge on any atom is -0.273 e. The van der Waals surface area contributed by atoms with E-state index in [-0.39, 0.29) is 18.4 Å². The molecule has 2 aromatic rings. The topological polar surface area (TPSA) is 76.0 Å². The number of aryl methyl sites for hydroxylation is 3. The van der Waals surface area contributed by atoms with Crippen molar-refractivity contribution in [3.05, 3.63) is 39.8 Å². The van der Waals surface area contributed by atoms with Crippen LogP contribution in [0, 0.1) is 13.8 Å². The molecule has 7 heteroatoms. The van der Waals surface area contributed by atoms with Crippen LogP contribution in [0.25, 0.3) is 0 Å². The highest BCUT2D eigenvalue weighted by Gasteiger charge is 2.08. The lowest BCUT2D eigenvalue weighted by Crippen LogP contribution is -2.43. The summed E-state index contributed by atoms with van der Waals surface area (Å²) in [4.78, 5) is 24.5. The zero-order valence-electron chi connectivity index (χ0n) is 12.0. The molecule has 2 aromatic heterocycles. The van der Waals surface area contributed by atoms with Crippen LogP contribution >= 0.6 is 11.3 Å². The molecule has 2 amide bonds. The normalized spacial score (nSPS) is 10.4. The van der Waals surface area contributed by atoms with E-state index in [2.05, 4.69) is 16.0 Å². The minimum absolute atomic E-state index is 0.0882. The molecule has 0 aromatic carbocycles. The summed E-state index contributed by atoms with van der Waals surface area (Å²) in [7, 11) is 0. The van der Waals surface area contributed by atoms with Crippen LogP contribution in [0.5, 0.6) is 0 Å². The van der Waals surface area contributed by atoms with Crippen LogP contribution in [-0.2, 0) is 22.6 Å². The van der Waals surface area contributed by atoms with E-state index in [0.717, 1.165) is 16.3 Å². The number of carbonyl (C=O) groups excluding carboxylic acids is 2. The second-order valence-corrected chi connectivity index (χ2v) is 5.79. The molecule has 0 unspecified atom stereocenters. The summed E-state index contributed by atoms with van der Waals surface area (Å²) in [5.41, 5.74) is 6.59. The SMILES string of the molecule is Cc1cc(C)n(CC(=O)NNC(=O)CCc2cccs2)n1. The Morgan fingerprint density at radius 2 is 2.05 bits per heavy atom. The lowest BCUT2D eigenvalue weighted by molar-refractivity contribution is -0.129. The summed E-state index contributed by atoms with van der Waals surface area (Å²) >= 11 is 1.62. The quantitative estimate of drug-likeness (QED) is 0.819. The third kappa shape index (κ3) is 4.71. The van der Waals surface area contributed by atoms with Gasteiger partial charge in [0.15, 0.2) is 0 Å². The first-order chi connectivity index (χ1) is 10.0. The van der Waals surface area contributed by atoms with Gasteiger partial charge in [-0.3, -0.25) is 25.1 Å². The number of nitrogens with one attached hydrogen (secondary N) is 2. The van der Waals surface area contributed by atoms with Crippen molar-refractivity contribution in [2.45, 2.75) is 33.2 Å². The van der Waals surface area contributed by atoms with Gasteiger partial charge >= 0.3 is 0 Å². The van der Waals surface area contributed by atoms with E-state index in [1.807, 2.05) is 37.4 Å². The van der Waals surface area contributed by atoms with Gasteiger partial charge in [-0.25, -0.2) is 0 Å². The van der Waals surface area contributed by atoms with E-state index < -0.39 is 0 Å². The Bertz CT molecular complexity index is 619. The third-order valence-electron chi connectivity index (χ3n) is 2.92. The van der Waals surface area contributed by atoms with Crippen molar-refractivity contribution in [3.63, 3.8) is 0 Å². The lowest BCUT2D eigenvalue weighted by Gasteiger charge is -2.08. The molecule has 6 nitrogen and oxygen atoms in total. The number of carbonyl (C=O) groups is 2. The molecule has 0 aliphatic carbocycles. The van der Waals surface area contributed by atoms with Crippen molar-refractivity contribution >= 4 is 23.2 Å². The molecule has 2 N–H and O–H groups in total. The van der Waals surface area contributed by atoms with Crippen molar-refractivity contribution in [1.82, 2.24) is 20.6 Å². The third-order valence-corrected chi connectivity index (χ3v) is 3.85. The highest BCUT2D eigenvalue weighted by molar-refractivity contribution is 7.09.